The molecule has 9 nitrogen and oxygen atoms in total. The highest BCUT2D eigenvalue weighted by Gasteiger charge is 2.58. The molecule has 0 atom stereocenters. The maximum absolute atomic E-state index is 14.2. The molecule has 1 aromatic carbocycles. The van der Waals surface area contributed by atoms with Crippen molar-refractivity contribution in [1.29, 1.82) is 0 Å². The van der Waals surface area contributed by atoms with E-state index in [9.17, 15) is 4.79 Å². The van der Waals surface area contributed by atoms with E-state index >= 15 is 0 Å². The first-order chi connectivity index (χ1) is 19.3. The van der Waals surface area contributed by atoms with Crippen molar-refractivity contribution in [3.05, 3.63) is 48.3 Å². The van der Waals surface area contributed by atoms with Crippen LogP contribution in [0.4, 0.5) is 16.4 Å². The Morgan fingerprint density at radius 3 is 2.12 bits per heavy atom. The molecular formula is C31H46N7O2+. The summed E-state index contributed by atoms with van der Waals surface area (Å²) in [6.07, 6.45) is 10.9. The van der Waals surface area contributed by atoms with Gasteiger partial charge in [0.15, 0.2) is 0 Å². The van der Waals surface area contributed by atoms with E-state index in [0.29, 0.717) is 13.1 Å². The number of anilines is 2. The third-order valence-electron chi connectivity index (χ3n) is 10.7. The predicted molar refractivity (Wildman–Crippen MR) is 157 cm³/mol. The Morgan fingerprint density at radius 1 is 0.925 bits per heavy atom. The molecule has 2 aromatic rings. The van der Waals surface area contributed by atoms with Crippen LogP contribution in [-0.2, 0) is 10.3 Å². The van der Waals surface area contributed by atoms with Crippen LogP contribution in [-0.4, -0.2) is 104 Å². The fourth-order valence-corrected chi connectivity index (χ4v) is 7.55. The zero-order chi connectivity index (χ0) is 28.0. The van der Waals surface area contributed by atoms with Gasteiger partial charge in [-0.3, -0.25) is 4.90 Å². The molecule has 4 fully saturated rings. The molecular weight excluding hydrogens is 502 g/mol. The predicted octanol–water partition coefficient (Wildman–Crippen LogP) is 2.39. The largest absolute Gasteiger partial charge is 0.376 e. The third kappa shape index (κ3) is 4.65. The van der Waals surface area contributed by atoms with E-state index in [0.717, 1.165) is 82.8 Å². The van der Waals surface area contributed by atoms with Crippen molar-refractivity contribution in [1.82, 2.24) is 19.8 Å². The molecule has 2 saturated carbocycles. The number of hydrogen-bond donors (Lipinski definition) is 1. The maximum Gasteiger partial charge on any atom is 0.325 e. The van der Waals surface area contributed by atoms with Crippen molar-refractivity contribution in [2.45, 2.75) is 61.6 Å². The fraction of sp³-hybridized carbons (Fsp3) is 0.645. The summed E-state index contributed by atoms with van der Waals surface area (Å²) in [5.74, 6) is 0.752. The highest BCUT2D eigenvalue weighted by atomic mass is 16.5. The molecule has 9 heteroatoms. The minimum atomic E-state index is -0.221. The summed E-state index contributed by atoms with van der Waals surface area (Å²) in [6.45, 7) is 5.20. The molecule has 2 aliphatic heterocycles. The summed E-state index contributed by atoms with van der Waals surface area (Å²) in [6, 6.07) is 11.0. The van der Waals surface area contributed by atoms with Crippen molar-refractivity contribution < 1.29 is 14.4 Å². The van der Waals surface area contributed by atoms with Crippen LogP contribution in [0.3, 0.4) is 0 Å². The SMILES string of the molecule is COC1(CN2C(=O)N(c3cnc(N4CCN(C)CC4)nc3)CC23CCC(c2ccccc2)([NH+](C)C)CC3)CCC1. The Labute approximate surface area is 239 Å². The molecule has 1 aromatic heterocycles. The number of methoxy groups -OCH3 is 1. The number of hydrogen-bond acceptors (Lipinski definition) is 6. The maximum atomic E-state index is 14.2. The Morgan fingerprint density at radius 2 is 1.57 bits per heavy atom. The van der Waals surface area contributed by atoms with Gasteiger partial charge in [0, 0.05) is 51.7 Å². The van der Waals surface area contributed by atoms with E-state index in [4.69, 9.17) is 14.7 Å². The molecule has 40 heavy (non-hydrogen) atoms. The van der Waals surface area contributed by atoms with Crippen molar-refractivity contribution in [2.75, 3.05) is 77.3 Å². The van der Waals surface area contributed by atoms with Gasteiger partial charge in [-0.1, -0.05) is 30.3 Å². The molecule has 2 saturated heterocycles. The minimum Gasteiger partial charge on any atom is -0.376 e. The summed E-state index contributed by atoms with van der Waals surface area (Å²) in [4.78, 5) is 33.8. The number of likely N-dealkylation sites (N-methyl/N-ethyl adjacent to an activating group) is 1. The second kappa shape index (κ2) is 10.6. The van der Waals surface area contributed by atoms with Gasteiger partial charge < -0.3 is 24.3 Å². The van der Waals surface area contributed by atoms with E-state index in [-0.39, 0.29) is 22.7 Å². The Hall–Kier alpha value is -2.75. The van der Waals surface area contributed by atoms with Crippen molar-refractivity contribution in [3.8, 4) is 0 Å². The van der Waals surface area contributed by atoms with E-state index in [1.807, 2.05) is 24.4 Å². The van der Waals surface area contributed by atoms with Crippen molar-refractivity contribution in [3.63, 3.8) is 0 Å². The number of benzene rings is 1. The summed E-state index contributed by atoms with van der Waals surface area (Å²) in [7, 11) is 8.52. The van der Waals surface area contributed by atoms with Crippen LogP contribution >= 0.6 is 0 Å². The number of amides is 2. The first-order valence-electron chi connectivity index (χ1n) is 15.1. The van der Waals surface area contributed by atoms with Gasteiger partial charge >= 0.3 is 6.03 Å². The molecule has 2 amide bonds. The Kier molecular flexibility index (Phi) is 7.25. The van der Waals surface area contributed by atoms with Gasteiger partial charge in [0.05, 0.1) is 56.4 Å². The number of ether oxygens (including phenoxy) is 1. The number of quaternary nitrogens is 1. The second-order valence-electron chi connectivity index (χ2n) is 12.9. The number of piperazine rings is 1. The van der Waals surface area contributed by atoms with Crippen LogP contribution in [0.25, 0.3) is 0 Å². The van der Waals surface area contributed by atoms with Gasteiger partial charge in [-0.25, -0.2) is 14.8 Å². The Balaban J connectivity index is 1.27. The lowest BCUT2D eigenvalue weighted by Gasteiger charge is -2.51. The fourth-order valence-electron chi connectivity index (χ4n) is 7.55. The smallest absolute Gasteiger partial charge is 0.325 e. The molecule has 1 spiro atoms. The van der Waals surface area contributed by atoms with E-state index in [1.165, 1.54) is 10.5 Å². The molecule has 3 heterocycles. The summed E-state index contributed by atoms with van der Waals surface area (Å²) >= 11 is 0. The van der Waals surface area contributed by atoms with E-state index < -0.39 is 0 Å². The summed E-state index contributed by atoms with van der Waals surface area (Å²) < 4.78 is 6.05. The summed E-state index contributed by atoms with van der Waals surface area (Å²) in [5.41, 5.74) is 1.81. The number of aromatic nitrogens is 2. The third-order valence-corrected chi connectivity index (χ3v) is 10.7. The van der Waals surface area contributed by atoms with Gasteiger partial charge in [0.2, 0.25) is 5.95 Å². The lowest BCUT2D eigenvalue weighted by Crippen LogP contribution is -3.14. The number of carbonyl (C=O) groups excluding carboxylic acids is 1. The van der Waals surface area contributed by atoms with Crippen LogP contribution in [0, 0.1) is 0 Å². The van der Waals surface area contributed by atoms with Crippen LogP contribution in [0.1, 0.15) is 50.5 Å². The van der Waals surface area contributed by atoms with Gasteiger partial charge in [0.1, 0.15) is 5.54 Å². The van der Waals surface area contributed by atoms with E-state index in [1.54, 1.807) is 0 Å². The van der Waals surface area contributed by atoms with Crippen molar-refractivity contribution in [2.24, 2.45) is 0 Å². The zero-order valence-electron chi connectivity index (χ0n) is 24.7. The van der Waals surface area contributed by atoms with Crippen LogP contribution in [0.15, 0.2) is 42.7 Å². The lowest BCUT2D eigenvalue weighted by atomic mass is 9.67. The molecule has 216 valence electrons. The van der Waals surface area contributed by atoms with Gasteiger partial charge in [-0.15, -0.1) is 0 Å². The standard InChI is InChI=1S/C31H45N7O2/c1-34(2)31(25-9-6-5-7-10-25)15-13-29(14-16-31)23-37(28(39)38(29)24-30(40-4)11-8-12-30)26-21-32-27(33-22-26)36-19-17-35(3)18-20-36/h5-7,9-10,21-22H,8,11-20,23-24H2,1-4H3/p+1. The van der Waals surface area contributed by atoms with Crippen molar-refractivity contribution >= 4 is 17.7 Å². The topological polar surface area (TPSA) is 69.5 Å². The van der Waals surface area contributed by atoms with Gasteiger partial charge in [0.25, 0.3) is 0 Å². The molecule has 0 unspecified atom stereocenters. The average Bonchev–Trinajstić information content (AvgIpc) is 3.22. The zero-order valence-corrected chi connectivity index (χ0v) is 24.7. The number of urea groups is 1. The first-order valence-corrected chi connectivity index (χ1v) is 15.1. The molecule has 6 rings (SSSR count). The molecule has 0 radical (unpaired) electrons. The quantitative estimate of drug-likeness (QED) is 0.573. The summed E-state index contributed by atoms with van der Waals surface area (Å²) in [5, 5.41) is 0. The van der Waals surface area contributed by atoms with E-state index in [2.05, 4.69) is 66.2 Å². The van der Waals surface area contributed by atoms with Gasteiger partial charge in [-0.2, -0.15) is 0 Å². The number of rotatable bonds is 7. The highest BCUT2D eigenvalue weighted by Crippen LogP contribution is 2.48. The van der Waals surface area contributed by atoms with Gasteiger partial charge in [-0.05, 0) is 39.2 Å². The van der Waals surface area contributed by atoms with Crippen LogP contribution in [0.5, 0.6) is 0 Å². The number of carbonyl (C=O) groups is 1. The monoisotopic (exact) mass is 548 g/mol. The molecule has 0 bridgehead atoms. The van der Waals surface area contributed by atoms with Crippen LogP contribution in [0.2, 0.25) is 0 Å². The molecule has 2 aliphatic carbocycles. The number of nitrogens with one attached hydrogen (secondary N) is 1. The Bertz CT molecular complexity index is 1160. The first kappa shape index (κ1) is 27.4. The second-order valence-corrected chi connectivity index (χ2v) is 12.9. The highest BCUT2D eigenvalue weighted by molar-refractivity contribution is 5.95. The van der Waals surface area contributed by atoms with Crippen LogP contribution < -0.4 is 14.7 Å². The minimum absolute atomic E-state index is 0.0529. The molecule has 4 aliphatic rings. The lowest BCUT2D eigenvalue weighted by molar-refractivity contribution is -0.926. The normalized spacial score (nSPS) is 28.9. The number of nitrogens with zero attached hydrogens (tertiary/aromatic N) is 6. The average molecular weight is 549 g/mol. The molecule has 1 N–H and O–H groups in total.